The number of hydrogen-bond acceptors (Lipinski definition) is 5. The van der Waals surface area contributed by atoms with Gasteiger partial charge in [-0.1, -0.05) is 0 Å². The summed E-state index contributed by atoms with van der Waals surface area (Å²) in [5.74, 6) is -0.0210. The van der Waals surface area contributed by atoms with Crippen LogP contribution in [-0.2, 0) is 24.6 Å². The van der Waals surface area contributed by atoms with Gasteiger partial charge in [0.05, 0.1) is 13.2 Å². The summed E-state index contributed by atoms with van der Waals surface area (Å²) < 4.78 is 36.1. The molecule has 0 saturated carbocycles. The normalized spacial score (nSPS) is 25.4. The van der Waals surface area contributed by atoms with E-state index in [4.69, 9.17) is 9.47 Å². The Kier molecular flexibility index (Phi) is 2.76. The first-order chi connectivity index (χ1) is 6.70. The Hall–Kier alpha value is -0.590. The highest BCUT2D eigenvalue weighted by Gasteiger charge is 2.38. The molecule has 80 valence electrons. The second-order valence-electron chi connectivity index (χ2n) is 3.30. The lowest BCUT2D eigenvalue weighted by molar-refractivity contribution is -0.162. The van der Waals surface area contributed by atoms with Gasteiger partial charge < -0.3 is 13.7 Å². The van der Waals surface area contributed by atoms with Crippen molar-refractivity contribution < 1.29 is 22.1 Å². The quantitative estimate of drug-likeness (QED) is 0.680. The molecular weight excluding hydrogens is 208 g/mol. The molecule has 0 amide bonds. The third-order valence-electron chi connectivity index (χ3n) is 2.40. The minimum Gasteiger partial charge on any atom is -0.389 e. The fourth-order valence-corrected chi connectivity index (χ4v) is 2.08. The first-order valence-electron chi connectivity index (χ1n) is 4.50. The molecule has 0 atom stereocenters. The molecular formula is C8H12O5S. The smallest absolute Gasteiger partial charge is 0.298 e. The van der Waals surface area contributed by atoms with Gasteiger partial charge in [0.2, 0.25) is 0 Å². The van der Waals surface area contributed by atoms with E-state index in [1.165, 1.54) is 0 Å². The van der Waals surface area contributed by atoms with Crippen LogP contribution in [0.15, 0.2) is 11.8 Å². The predicted molar refractivity (Wildman–Crippen MR) is 48.0 cm³/mol. The van der Waals surface area contributed by atoms with Crippen LogP contribution in [0.5, 0.6) is 0 Å². The van der Waals surface area contributed by atoms with Crippen molar-refractivity contribution in [2.24, 2.45) is 0 Å². The van der Waals surface area contributed by atoms with Crippen molar-refractivity contribution in [3.63, 3.8) is 0 Å². The summed E-state index contributed by atoms with van der Waals surface area (Å²) in [7, 11) is -2.80. The highest BCUT2D eigenvalue weighted by atomic mass is 32.2. The maximum absolute atomic E-state index is 10.3. The van der Waals surface area contributed by atoms with Gasteiger partial charge in [-0.05, 0) is 6.08 Å². The topological polar surface area (TPSA) is 61.8 Å². The van der Waals surface area contributed by atoms with E-state index in [1.54, 1.807) is 6.08 Å². The van der Waals surface area contributed by atoms with Gasteiger partial charge in [0.25, 0.3) is 11.0 Å². The molecule has 0 aromatic rings. The van der Waals surface area contributed by atoms with E-state index in [9.17, 15) is 8.42 Å². The Labute approximate surface area is 83.8 Å². The zero-order chi connectivity index (χ0) is 10.0. The molecule has 2 aliphatic rings. The highest BCUT2D eigenvalue weighted by Crippen LogP contribution is 2.35. The van der Waals surface area contributed by atoms with Crippen LogP contribution in [0.1, 0.15) is 19.3 Å². The number of rotatable bonds is 2. The van der Waals surface area contributed by atoms with E-state index in [-0.39, 0.29) is 0 Å². The van der Waals surface area contributed by atoms with Crippen LogP contribution >= 0.6 is 0 Å². The van der Waals surface area contributed by atoms with Crippen LogP contribution in [0.2, 0.25) is 0 Å². The number of thiol groups is 1. The summed E-state index contributed by atoms with van der Waals surface area (Å²) >= 11 is 0. The molecule has 6 heteroatoms. The molecule has 0 bridgehead atoms. The molecule has 14 heavy (non-hydrogen) atoms. The Morgan fingerprint density at radius 3 is 2.57 bits per heavy atom. The molecule has 1 aliphatic heterocycles. The van der Waals surface area contributed by atoms with Crippen LogP contribution in [0.25, 0.3) is 0 Å². The predicted octanol–water partition coefficient (Wildman–Crippen LogP) is 0.340. The third-order valence-corrected chi connectivity index (χ3v) is 2.78. The molecule has 0 unspecified atom stereocenters. The lowest BCUT2D eigenvalue weighted by Crippen LogP contribution is -2.31. The first kappa shape index (κ1) is 9.95. The lowest BCUT2D eigenvalue weighted by Gasteiger charge is -2.29. The van der Waals surface area contributed by atoms with Crippen LogP contribution < -0.4 is 0 Å². The van der Waals surface area contributed by atoms with Gasteiger partial charge >= 0.3 is 0 Å². The molecule has 0 N–H and O–H groups in total. The van der Waals surface area contributed by atoms with Gasteiger partial charge in [-0.15, -0.1) is 0 Å². The van der Waals surface area contributed by atoms with E-state index in [0.717, 1.165) is 0 Å². The van der Waals surface area contributed by atoms with Crippen LogP contribution in [-0.4, -0.2) is 27.4 Å². The van der Waals surface area contributed by atoms with Gasteiger partial charge in [-0.2, -0.15) is 8.42 Å². The molecule has 1 fully saturated rings. The van der Waals surface area contributed by atoms with Crippen molar-refractivity contribution in [2.45, 2.75) is 25.0 Å². The summed E-state index contributed by atoms with van der Waals surface area (Å²) in [6.45, 7) is 1.22. The molecule has 0 radical (unpaired) electrons. The van der Waals surface area contributed by atoms with Gasteiger partial charge in [-0.3, -0.25) is 0 Å². The van der Waals surface area contributed by atoms with Crippen molar-refractivity contribution in [3.05, 3.63) is 11.8 Å². The third kappa shape index (κ3) is 2.08. The van der Waals surface area contributed by atoms with Crippen LogP contribution in [0.4, 0.5) is 0 Å². The largest absolute Gasteiger partial charge is 0.389 e. The zero-order valence-electron chi connectivity index (χ0n) is 7.60. The number of allylic oxidation sites excluding steroid dienone is 1. The van der Waals surface area contributed by atoms with Crippen LogP contribution in [0, 0.1) is 0 Å². The molecule has 1 aliphatic carbocycles. The summed E-state index contributed by atoms with van der Waals surface area (Å²) in [6, 6.07) is 0. The van der Waals surface area contributed by atoms with Crippen molar-refractivity contribution in [1.29, 1.82) is 0 Å². The SMILES string of the molecule is O=[SH](=O)OC1=CCC2(CC1)OCCO2. The van der Waals surface area contributed by atoms with Crippen molar-refractivity contribution in [3.8, 4) is 0 Å². The van der Waals surface area contributed by atoms with Gasteiger partial charge in [0.1, 0.15) is 5.76 Å². The second kappa shape index (κ2) is 3.88. The first-order valence-corrected chi connectivity index (χ1v) is 5.59. The Morgan fingerprint density at radius 2 is 2.07 bits per heavy atom. The average molecular weight is 220 g/mol. The van der Waals surface area contributed by atoms with E-state index in [2.05, 4.69) is 4.18 Å². The monoisotopic (exact) mass is 220 g/mol. The average Bonchev–Trinajstić information content (AvgIpc) is 2.58. The lowest BCUT2D eigenvalue weighted by atomic mass is 9.99. The summed E-state index contributed by atoms with van der Waals surface area (Å²) in [6.07, 6.45) is 3.48. The minimum absolute atomic E-state index is 0.492. The van der Waals surface area contributed by atoms with E-state index < -0.39 is 16.8 Å². The van der Waals surface area contributed by atoms with Gasteiger partial charge in [-0.25, -0.2) is 0 Å². The maximum atomic E-state index is 10.3. The molecule has 1 spiro atoms. The maximum Gasteiger partial charge on any atom is 0.298 e. The Balaban J connectivity index is 1.98. The summed E-state index contributed by atoms with van der Waals surface area (Å²) in [5, 5.41) is 0. The standard InChI is InChI=1S/C8H12O5S/c9-14(10)13-7-1-3-8(4-2-7)11-5-6-12-8/h1,14H,2-6H2. The molecule has 2 rings (SSSR count). The highest BCUT2D eigenvalue weighted by molar-refractivity contribution is 7.67. The second-order valence-corrected chi connectivity index (χ2v) is 3.93. The van der Waals surface area contributed by atoms with Crippen LogP contribution in [0.3, 0.4) is 0 Å². The molecule has 1 heterocycles. The Bertz CT molecular complexity index is 306. The minimum atomic E-state index is -2.80. The summed E-state index contributed by atoms with van der Waals surface area (Å²) in [4.78, 5) is 0. The fraction of sp³-hybridized carbons (Fsp3) is 0.750. The molecule has 1 saturated heterocycles. The molecule has 0 aromatic carbocycles. The molecule has 5 nitrogen and oxygen atoms in total. The Morgan fingerprint density at radius 1 is 1.36 bits per heavy atom. The zero-order valence-corrected chi connectivity index (χ0v) is 8.50. The van der Waals surface area contributed by atoms with Gasteiger partial charge in [0.15, 0.2) is 5.79 Å². The van der Waals surface area contributed by atoms with Crippen molar-refractivity contribution >= 4 is 11.0 Å². The van der Waals surface area contributed by atoms with E-state index >= 15 is 0 Å². The summed E-state index contributed by atoms with van der Waals surface area (Å²) in [5.41, 5.74) is 0. The number of ether oxygens (including phenoxy) is 2. The van der Waals surface area contributed by atoms with Crippen molar-refractivity contribution in [2.75, 3.05) is 13.2 Å². The van der Waals surface area contributed by atoms with Gasteiger partial charge in [0, 0.05) is 19.3 Å². The van der Waals surface area contributed by atoms with E-state index in [1.807, 2.05) is 0 Å². The molecule has 0 aromatic heterocycles. The fourth-order valence-electron chi connectivity index (χ4n) is 1.72. The van der Waals surface area contributed by atoms with E-state index in [0.29, 0.717) is 38.2 Å². The van der Waals surface area contributed by atoms with Crippen molar-refractivity contribution in [1.82, 2.24) is 0 Å². The number of hydrogen-bond donors (Lipinski definition) is 1.